The summed E-state index contributed by atoms with van der Waals surface area (Å²) >= 11 is 0. The second-order valence-corrected chi connectivity index (χ2v) is 6.73. The first kappa shape index (κ1) is 15.2. The number of likely N-dealkylation sites (tertiary alicyclic amines) is 1. The minimum absolute atomic E-state index is 0.703. The van der Waals surface area contributed by atoms with E-state index in [2.05, 4.69) is 50.2 Å². The van der Waals surface area contributed by atoms with Gasteiger partial charge in [0.2, 0.25) is 0 Å². The molecular formula is C20H22N4. The highest BCUT2D eigenvalue weighted by Crippen LogP contribution is 2.25. The molecule has 1 aromatic carbocycles. The van der Waals surface area contributed by atoms with Crippen LogP contribution in [0.25, 0.3) is 10.9 Å². The zero-order valence-electron chi connectivity index (χ0n) is 14.0. The monoisotopic (exact) mass is 318 g/mol. The molecular weight excluding hydrogens is 296 g/mol. The molecule has 1 fully saturated rings. The fraction of sp³-hybridized carbons (Fsp3) is 0.350. The average Bonchev–Trinajstić information content (AvgIpc) is 3.04. The standard InChI is InChI=1S/C20H22N4/c1-15-11-23-18(12-22-15)14-24-9-7-16(13-24)10-17-6-8-21-20-5-3-2-4-19(17)20/h2-6,8,11-12,16H,7,9-10,13-14H2,1H3. The van der Waals surface area contributed by atoms with Crippen molar-refractivity contribution in [1.29, 1.82) is 0 Å². The number of nitrogens with zero attached hydrogens (tertiary/aromatic N) is 4. The molecule has 3 aromatic rings. The van der Waals surface area contributed by atoms with Gasteiger partial charge in [0.1, 0.15) is 0 Å². The fourth-order valence-corrected chi connectivity index (χ4v) is 3.60. The average molecular weight is 318 g/mol. The van der Waals surface area contributed by atoms with Crippen LogP contribution in [0.2, 0.25) is 0 Å². The van der Waals surface area contributed by atoms with Crippen molar-refractivity contribution < 1.29 is 0 Å². The lowest BCUT2D eigenvalue weighted by Gasteiger charge is -2.16. The predicted octanol–water partition coefficient (Wildman–Crippen LogP) is 3.40. The first-order valence-electron chi connectivity index (χ1n) is 8.60. The van der Waals surface area contributed by atoms with E-state index in [0.717, 1.165) is 43.0 Å². The van der Waals surface area contributed by atoms with E-state index in [4.69, 9.17) is 0 Å². The lowest BCUT2D eigenvalue weighted by Crippen LogP contribution is -2.21. The van der Waals surface area contributed by atoms with E-state index < -0.39 is 0 Å². The number of pyridine rings is 1. The Morgan fingerprint density at radius 2 is 2.00 bits per heavy atom. The lowest BCUT2D eigenvalue weighted by atomic mass is 9.96. The molecule has 24 heavy (non-hydrogen) atoms. The summed E-state index contributed by atoms with van der Waals surface area (Å²) in [5.41, 5.74) is 4.56. The van der Waals surface area contributed by atoms with Crippen LogP contribution in [0.15, 0.2) is 48.9 Å². The molecule has 1 atom stereocenters. The molecule has 0 aliphatic carbocycles. The molecule has 0 amide bonds. The van der Waals surface area contributed by atoms with Gasteiger partial charge in [-0.15, -0.1) is 0 Å². The van der Waals surface area contributed by atoms with Crippen LogP contribution in [-0.4, -0.2) is 32.9 Å². The van der Waals surface area contributed by atoms with E-state index in [1.54, 1.807) is 0 Å². The van der Waals surface area contributed by atoms with Crippen molar-refractivity contribution in [3.8, 4) is 0 Å². The maximum Gasteiger partial charge on any atom is 0.0727 e. The molecule has 4 rings (SSSR count). The summed E-state index contributed by atoms with van der Waals surface area (Å²) < 4.78 is 0. The van der Waals surface area contributed by atoms with E-state index >= 15 is 0 Å². The largest absolute Gasteiger partial charge is 0.297 e. The molecule has 0 saturated carbocycles. The number of aryl methyl sites for hydroxylation is 1. The van der Waals surface area contributed by atoms with Gasteiger partial charge in [-0.1, -0.05) is 18.2 Å². The van der Waals surface area contributed by atoms with Crippen molar-refractivity contribution in [2.45, 2.75) is 26.3 Å². The Bertz CT molecular complexity index is 823. The maximum absolute atomic E-state index is 4.48. The Balaban J connectivity index is 1.42. The summed E-state index contributed by atoms with van der Waals surface area (Å²) in [5.74, 6) is 0.703. The maximum atomic E-state index is 4.48. The van der Waals surface area contributed by atoms with Crippen molar-refractivity contribution in [1.82, 2.24) is 19.9 Å². The third-order valence-electron chi connectivity index (χ3n) is 4.84. The number of hydrogen-bond donors (Lipinski definition) is 0. The highest BCUT2D eigenvalue weighted by atomic mass is 15.2. The zero-order valence-corrected chi connectivity index (χ0v) is 14.0. The first-order chi connectivity index (χ1) is 11.8. The minimum Gasteiger partial charge on any atom is -0.297 e. The Hall–Kier alpha value is -2.33. The number of para-hydroxylation sites is 1. The van der Waals surface area contributed by atoms with Crippen molar-refractivity contribution in [3.63, 3.8) is 0 Å². The molecule has 0 spiro atoms. The Morgan fingerprint density at radius 1 is 1.08 bits per heavy atom. The molecule has 0 bridgehead atoms. The normalized spacial score (nSPS) is 18.3. The van der Waals surface area contributed by atoms with Gasteiger partial charge >= 0.3 is 0 Å². The summed E-state index contributed by atoms with van der Waals surface area (Å²) in [6, 6.07) is 10.6. The number of fused-ring (bicyclic) bond motifs is 1. The van der Waals surface area contributed by atoms with Crippen molar-refractivity contribution in [3.05, 3.63) is 65.9 Å². The first-order valence-corrected chi connectivity index (χ1v) is 8.60. The van der Waals surface area contributed by atoms with Gasteiger partial charge in [-0.3, -0.25) is 19.9 Å². The third-order valence-corrected chi connectivity index (χ3v) is 4.84. The number of rotatable bonds is 4. The van der Waals surface area contributed by atoms with Crippen LogP contribution in [0.1, 0.15) is 23.4 Å². The predicted molar refractivity (Wildman–Crippen MR) is 95.6 cm³/mol. The van der Waals surface area contributed by atoms with E-state index in [-0.39, 0.29) is 0 Å². The van der Waals surface area contributed by atoms with Crippen LogP contribution in [0.5, 0.6) is 0 Å². The summed E-state index contributed by atoms with van der Waals surface area (Å²) in [4.78, 5) is 15.8. The molecule has 0 radical (unpaired) electrons. The molecule has 3 heterocycles. The molecule has 4 heteroatoms. The van der Waals surface area contributed by atoms with Gasteiger partial charge in [0.15, 0.2) is 0 Å². The smallest absolute Gasteiger partial charge is 0.0727 e. The Labute approximate surface area is 142 Å². The number of hydrogen-bond acceptors (Lipinski definition) is 4. The van der Waals surface area contributed by atoms with Crippen LogP contribution in [-0.2, 0) is 13.0 Å². The van der Waals surface area contributed by atoms with E-state index in [9.17, 15) is 0 Å². The molecule has 1 unspecified atom stereocenters. The van der Waals surface area contributed by atoms with Crippen LogP contribution >= 0.6 is 0 Å². The summed E-state index contributed by atoms with van der Waals surface area (Å²) in [6.45, 7) is 5.15. The van der Waals surface area contributed by atoms with Gasteiger partial charge in [0.25, 0.3) is 0 Å². The van der Waals surface area contributed by atoms with Crippen molar-refractivity contribution in [2.75, 3.05) is 13.1 Å². The highest BCUT2D eigenvalue weighted by Gasteiger charge is 2.23. The lowest BCUT2D eigenvalue weighted by molar-refractivity contribution is 0.312. The second-order valence-electron chi connectivity index (χ2n) is 6.73. The van der Waals surface area contributed by atoms with Gasteiger partial charge < -0.3 is 0 Å². The zero-order chi connectivity index (χ0) is 16.4. The molecule has 1 aliphatic heterocycles. The number of benzene rings is 1. The highest BCUT2D eigenvalue weighted by molar-refractivity contribution is 5.81. The SMILES string of the molecule is Cc1cnc(CN2CCC(Cc3ccnc4ccccc34)C2)cn1. The van der Waals surface area contributed by atoms with Crippen LogP contribution in [0.3, 0.4) is 0 Å². The molecule has 1 saturated heterocycles. The summed E-state index contributed by atoms with van der Waals surface area (Å²) in [6.07, 6.45) is 8.06. The molecule has 4 nitrogen and oxygen atoms in total. The van der Waals surface area contributed by atoms with Crippen molar-refractivity contribution >= 4 is 10.9 Å². The van der Waals surface area contributed by atoms with Gasteiger partial charge in [0, 0.05) is 37.1 Å². The van der Waals surface area contributed by atoms with Crippen LogP contribution < -0.4 is 0 Å². The summed E-state index contributed by atoms with van der Waals surface area (Å²) in [7, 11) is 0. The van der Waals surface area contributed by atoms with Gasteiger partial charge in [-0.25, -0.2) is 0 Å². The minimum atomic E-state index is 0.703. The Morgan fingerprint density at radius 3 is 2.88 bits per heavy atom. The van der Waals surface area contributed by atoms with Gasteiger partial charge in [-0.05, 0) is 49.9 Å². The van der Waals surface area contributed by atoms with E-state index in [1.165, 1.54) is 17.4 Å². The molecule has 1 aliphatic rings. The topological polar surface area (TPSA) is 41.9 Å². The summed E-state index contributed by atoms with van der Waals surface area (Å²) in [5, 5.41) is 1.29. The second kappa shape index (κ2) is 6.65. The third kappa shape index (κ3) is 3.29. The number of aromatic nitrogens is 3. The fourth-order valence-electron chi connectivity index (χ4n) is 3.60. The van der Waals surface area contributed by atoms with Crippen molar-refractivity contribution in [2.24, 2.45) is 5.92 Å². The quantitative estimate of drug-likeness (QED) is 0.739. The molecule has 2 aromatic heterocycles. The Kier molecular flexibility index (Phi) is 4.22. The molecule has 122 valence electrons. The van der Waals surface area contributed by atoms with Crippen LogP contribution in [0, 0.1) is 12.8 Å². The molecule has 0 N–H and O–H groups in total. The van der Waals surface area contributed by atoms with Crippen LogP contribution in [0.4, 0.5) is 0 Å². The van der Waals surface area contributed by atoms with E-state index in [1.807, 2.05) is 25.5 Å². The van der Waals surface area contributed by atoms with Gasteiger partial charge in [0.05, 0.1) is 16.9 Å². The van der Waals surface area contributed by atoms with E-state index in [0.29, 0.717) is 5.92 Å². The van der Waals surface area contributed by atoms with Gasteiger partial charge in [-0.2, -0.15) is 0 Å².